The number of aryl methyl sites for hydroxylation is 2. The van der Waals surface area contributed by atoms with Crippen LogP contribution in [0.15, 0.2) is 24.3 Å². The van der Waals surface area contributed by atoms with Crippen molar-refractivity contribution in [2.24, 2.45) is 11.5 Å². The van der Waals surface area contributed by atoms with Crippen molar-refractivity contribution in [2.75, 3.05) is 19.0 Å². The Kier molecular flexibility index (Phi) is 6.35. The van der Waals surface area contributed by atoms with Crippen molar-refractivity contribution in [1.82, 2.24) is 19.3 Å². The van der Waals surface area contributed by atoms with Crippen molar-refractivity contribution in [2.45, 2.75) is 26.9 Å². The summed E-state index contributed by atoms with van der Waals surface area (Å²) in [6.45, 7) is 4.67. The lowest BCUT2D eigenvalue weighted by molar-refractivity contribution is 0.0992. The first kappa shape index (κ1) is 22.0. The lowest BCUT2D eigenvalue weighted by atomic mass is 10.1. The second kappa shape index (κ2) is 8.96. The van der Waals surface area contributed by atoms with Gasteiger partial charge < -0.3 is 20.8 Å². The summed E-state index contributed by atoms with van der Waals surface area (Å²) in [5.74, 6) is -2.05. The van der Waals surface area contributed by atoms with Crippen molar-refractivity contribution in [3.63, 3.8) is 0 Å². The number of anilines is 1. The Morgan fingerprint density at radius 1 is 1.32 bits per heavy atom. The first-order valence-electron chi connectivity index (χ1n) is 9.59. The molecule has 5 N–H and O–H groups in total. The molecule has 1 aromatic carbocycles. The zero-order valence-electron chi connectivity index (χ0n) is 17.5. The van der Waals surface area contributed by atoms with Crippen LogP contribution in [0.25, 0.3) is 11.0 Å². The predicted octanol–water partition coefficient (Wildman–Crippen LogP) is 1.57. The third kappa shape index (κ3) is 4.12. The van der Waals surface area contributed by atoms with Crippen LogP contribution in [0.4, 0.5) is 10.3 Å². The van der Waals surface area contributed by atoms with E-state index < -0.39 is 17.6 Å². The summed E-state index contributed by atoms with van der Waals surface area (Å²) in [4.78, 5) is 28.8. The monoisotopic (exact) mass is 429 g/mol. The summed E-state index contributed by atoms with van der Waals surface area (Å²) >= 11 is 0. The number of methoxy groups -OCH3 is 1. The Hall–Kier alpha value is -3.73. The minimum atomic E-state index is -0.955. The van der Waals surface area contributed by atoms with Gasteiger partial charge in [-0.3, -0.25) is 19.6 Å². The number of nitrogens with one attached hydrogen (secondary N) is 1. The number of primary amides is 1. The molecule has 3 rings (SSSR count). The minimum Gasteiger partial charge on any atom is -0.494 e. The van der Waals surface area contributed by atoms with E-state index in [4.69, 9.17) is 16.2 Å². The van der Waals surface area contributed by atoms with Gasteiger partial charge in [-0.1, -0.05) is 12.2 Å². The molecule has 31 heavy (non-hydrogen) atoms. The number of fused-ring (bicyclic) bond motifs is 1. The first-order chi connectivity index (χ1) is 14.8. The van der Waals surface area contributed by atoms with Crippen LogP contribution in [-0.2, 0) is 13.1 Å². The second-order valence-corrected chi connectivity index (χ2v) is 6.70. The highest BCUT2D eigenvalue weighted by molar-refractivity contribution is 6.04. The van der Waals surface area contributed by atoms with Gasteiger partial charge in [0, 0.05) is 19.6 Å². The fourth-order valence-corrected chi connectivity index (χ4v) is 3.27. The number of rotatable bonds is 8. The molecular formula is C20H24FN7O3. The van der Waals surface area contributed by atoms with E-state index in [0.717, 1.165) is 0 Å². The molecule has 0 saturated carbocycles. The van der Waals surface area contributed by atoms with E-state index in [1.807, 2.05) is 6.92 Å². The number of aromatic nitrogens is 4. The molecule has 0 aliphatic rings. The molecule has 10 nitrogen and oxygen atoms in total. The molecule has 0 aliphatic carbocycles. The van der Waals surface area contributed by atoms with E-state index >= 15 is 4.39 Å². The fraction of sp³-hybridized carbons (Fsp3) is 0.300. The van der Waals surface area contributed by atoms with Gasteiger partial charge in [-0.05, 0) is 26.0 Å². The molecule has 3 aromatic rings. The molecule has 2 aromatic heterocycles. The van der Waals surface area contributed by atoms with Gasteiger partial charge in [0.15, 0.2) is 5.82 Å². The highest BCUT2D eigenvalue weighted by Gasteiger charge is 2.25. The molecule has 0 atom stereocenters. The quantitative estimate of drug-likeness (QED) is 0.464. The predicted molar refractivity (Wildman–Crippen MR) is 114 cm³/mol. The minimum absolute atomic E-state index is 0.0713. The van der Waals surface area contributed by atoms with E-state index in [2.05, 4.69) is 15.4 Å². The number of nitrogens with two attached hydrogens (primary N) is 2. The van der Waals surface area contributed by atoms with Crippen LogP contribution < -0.4 is 21.5 Å². The zero-order valence-corrected chi connectivity index (χ0v) is 17.5. The summed E-state index contributed by atoms with van der Waals surface area (Å²) < 4.78 is 23.5. The van der Waals surface area contributed by atoms with E-state index in [9.17, 15) is 9.59 Å². The van der Waals surface area contributed by atoms with Gasteiger partial charge in [0.2, 0.25) is 5.95 Å². The third-order valence-electron chi connectivity index (χ3n) is 4.66. The van der Waals surface area contributed by atoms with Crippen LogP contribution in [0.2, 0.25) is 0 Å². The maximum atomic E-state index is 15.0. The molecule has 164 valence electrons. The Morgan fingerprint density at radius 3 is 2.68 bits per heavy atom. The van der Waals surface area contributed by atoms with Crippen LogP contribution in [0.1, 0.15) is 33.5 Å². The molecular weight excluding hydrogens is 405 g/mol. The molecule has 2 amide bonds. The number of nitrogens with zero attached hydrogens (tertiary/aromatic N) is 4. The van der Waals surface area contributed by atoms with Crippen molar-refractivity contribution < 1.29 is 18.7 Å². The van der Waals surface area contributed by atoms with Crippen molar-refractivity contribution in [1.29, 1.82) is 0 Å². The van der Waals surface area contributed by atoms with Crippen molar-refractivity contribution >= 4 is 28.8 Å². The lowest BCUT2D eigenvalue weighted by Gasteiger charge is -2.11. The zero-order chi connectivity index (χ0) is 22.7. The Bertz CT molecular complexity index is 1180. The highest BCUT2D eigenvalue weighted by Crippen LogP contribution is 2.33. The summed E-state index contributed by atoms with van der Waals surface area (Å²) in [5.41, 5.74) is 11.6. The number of ether oxygens (including phenoxy) is 1. The maximum Gasteiger partial charge on any atom is 0.276 e. The fourth-order valence-electron chi connectivity index (χ4n) is 3.27. The average Bonchev–Trinajstić information content (AvgIpc) is 3.29. The van der Waals surface area contributed by atoms with E-state index in [1.54, 1.807) is 34.4 Å². The van der Waals surface area contributed by atoms with Crippen LogP contribution in [-0.4, -0.2) is 44.8 Å². The smallest absolute Gasteiger partial charge is 0.276 e. The number of hydrogen-bond acceptors (Lipinski definition) is 6. The maximum absolute atomic E-state index is 15.0. The van der Waals surface area contributed by atoms with Crippen LogP contribution in [0.3, 0.4) is 0 Å². The molecule has 0 fully saturated rings. The Labute approximate surface area is 177 Å². The molecule has 0 spiro atoms. The molecule has 0 saturated heterocycles. The summed E-state index contributed by atoms with van der Waals surface area (Å²) in [7, 11) is 1.38. The Morgan fingerprint density at radius 2 is 2.06 bits per heavy atom. The highest BCUT2D eigenvalue weighted by atomic mass is 19.1. The van der Waals surface area contributed by atoms with E-state index in [0.29, 0.717) is 24.5 Å². The topological polar surface area (TPSA) is 143 Å². The van der Waals surface area contributed by atoms with Gasteiger partial charge in [0.25, 0.3) is 11.8 Å². The number of benzene rings is 1. The average molecular weight is 429 g/mol. The van der Waals surface area contributed by atoms with Gasteiger partial charge in [-0.15, -0.1) is 0 Å². The SMILES string of the molecule is CCn1nc(C)cc1C(=O)Nc1nc2c(F)c(C(N)=O)cc(OC)c2n1C/C=C/CN. The lowest BCUT2D eigenvalue weighted by Crippen LogP contribution is -2.20. The number of carbonyl (C=O) groups is 2. The number of hydrogen-bond donors (Lipinski definition) is 3. The molecule has 0 bridgehead atoms. The molecule has 11 heteroatoms. The first-order valence-corrected chi connectivity index (χ1v) is 9.59. The summed E-state index contributed by atoms with van der Waals surface area (Å²) in [6.07, 6.45) is 3.46. The normalized spacial score (nSPS) is 11.4. The van der Waals surface area contributed by atoms with E-state index in [-0.39, 0.29) is 34.8 Å². The third-order valence-corrected chi connectivity index (χ3v) is 4.66. The largest absolute Gasteiger partial charge is 0.494 e. The van der Waals surface area contributed by atoms with Crippen LogP contribution in [0.5, 0.6) is 5.75 Å². The molecule has 0 radical (unpaired) electrons. The molecule has 0 aliphatic heterocycles. The molecule has 0 unspecified atom stereocenters. The standard InChI is InChI=1S/C20H24FN7O3/c1-4-28-13(9-11(2)26-28)19(30)25-20-24-16-15(21)12(18(23)29)10-14(31-3)17(16)27(20)8-6-5-7-22/h5-6,9-10H,4,7-8,22H2,1-3H3,(H2,23,29)(H,24,25,30)/b6-5+. The van der Waals surface area contributed by atoms with E-state index in [1.165, 1.54) is 13.2 Å². The number of halogens is 1. The van der Waals surface area contributed by atoms with Gasteiger partial charge >= 0.3 is 0 Å². The second-order valence-electron chi connectivity index (χ2n) is 6.70. The number of carbonyl (C=O) groups excluding carboxylic acids is 2. The van der Waals surface area contributed by atoms with Gasteiger partial charge in [-0.2, -0.15) is 5.10 Å². The summed E-state index contributed by atoms with van der Waals surface area (Å²) in [6, 6.07) is 2.86. The van der Waals surface area contributed by atoms with Crippen LogP contribution in [0, 0.1) is 12.7 Å². The summed E-state index contributed by atoms with van der Waals surface area (Å²) in [5, 5.41) is 6.97. The van der Waals surface area contributed by atoms with Crippen LogP contribution >= 0.6 is 0 Å². The van der Waals surface area contributed by atoms with Gasteiger partial charge in [0.05, 0.1) is 18.4 Å². The number of imidazole rings is 1. The number of amides is 2. The van der Waals surface area contributed by atoms with Crippen molar-refractivity contribution in [3.05, 3.63) is 47.1 Å². The number of allylic oxidation sites excluding steroid dienone is 1. The van der Waals surface area contributed by atoms with Gasteiger partial charge in [-0.25, -0.2) is 9.37 Å². The Balaban J connectivity index is 2.18. The molecule has 2 heterocycles. The van der Waals surface area contributed by atoms with Crippen molar-refractivity contribution in [3.8, 4) is 5.75 Å². The van der Waals surface area contributed by atoms with Gasteiger partial charge in [0.1, 0.15) is 22.5 Å².